The van der Waals surface area contributed by atoms with Gasteiger partial charge < -0.3 is 15.7 Å². The van der Waals surface area contributed by atoms with Crippen LogP contribution in [0.1, 0.15) is 28.8 Å². The molecule has 0 saturated heterocycles. The number of carboxylic acids is 1. The van der Waals surface area contributed by atoms with Crippen molar-refractivity contribution in [1.29, 1.82) is 0 Å². The van der Waals surface area contributed by atoms with Crippen molar-refractivity contribution in [2.45, 2.75) is 25.8 Å². The summed E-state index contributed by atoms with van der Waals surface area (Å²) in [5, 5.41) is 14.4. The predicted molar refractivity (Wildman–Crippen MR) is 63.3 cm³/mol. The lowest BCUT2D eigenvalue weighted by molar-refractivity contribution is 0.0698. The molecule has 5 heteroatoms. The van der Waals surface area contributed by atoms with E-state index < -0.39 is 5.97 Å². The first kappa shape index (κ1) is 11.4. The third-order valence-electron chi connectivity index (χ3n) is 2.65. The summed E-state index contributed by atoms with van der Waals surface area (Å²) in [4.78, 5) is 22.6. The second-order valence-corrected chi connectivity index (χ2v) is 4.18. The molecule has 1 aromatic rings. The molecule has 0 unspecified atom stereocenters. The van der Waals surface area contributed by atoms with Gasteiger partial charge >= 0.3 is 12.0 Å². The van der Waals surface area contributed by atoms with E-state index in [1.165, 1.54) is 6.07 Å². The number of urea groups is 1. The Kier molecular flexibility index (Phi) is 2.99. The molecule has 1 aliphatic rings. The summed E-state index contributed by atoms with van der Waals surface area (Å²) in [6, 6.07) is 4.79. The molecule has 2 rings (SSSR count). The number of rotatable bonds is 3. The van der Waals surface area contributed by atoms with Crippen molar-refractivity contribution >= 4 is 17.7 Å². The van der Waals surface area contributed by atoms with Crippen molar-refractivity contribution in [3.8, 4) is 0 Å². The van der Waals surface area contributed by atoms with Gasteiger partial charge in [0.25, 0.3) is 0 Å². The van der Waals surface area contributed by atoms with Crippen molar-refractivity contribution in [2.24, 2.45) is 0 Å². The molecule has 0 aromatic heterocycles. The Hall–Kier alpha value is -2.04. The Balaban J connectivity index is 2.17. The minimum absolute atomic E-state index is 0.107. The molecule has 1 saturated carbocycles. The molecule has 2 amide bonds. The molecule has 5 nitrogen and oxygen atoms in total. The minimum Gasteiger partial charge on any atom is -0.478 e. The number of amides is 2. The number of carbonyl (C=O) groups is 2. The average molecular weight is 234 g/mol. The smallest absolute Gasteiger partial charge is 0.337 e. The van der Waals surface area contributed by atoms with E-state index in [0.717, 1.165) is 18.4 Å². The summed E-state index contributed by atoms with van der Waals surface area (Å²) < 4.78 is 0. The van der Waals surface area contributed by atoms with Crippen LogP contribution >= 0.6 is 0 Å². The standard InChI is InChI=1S/C12H14N2O3/c1-7-3-2-4-9(11(15)16)10(7)14-12(17)13-8-5-6-8/h2-4,8H,5-6H2,1H3,(H,15,16)(H2,13,14,17). The number of nitrogens with one attached hydrogen (secondary N) is 2. The summed E-state index contributed by atoms with van der Waals surface area (Å²) >= 11 is 0. The van der Waals surface area contributed by atoms with Crippen LogP contribution in [0.25, 0.3) is 0 Å². The average Bonchev–Trinajstić information content (AvgIpc) is 3.04. The molecule has 0 aliphatic heterocycles. The van der Waals surface area contributed by atoms with Gasteiger partial charge in [-0.3, -0.25) is 0 Å². The second-order valence-electron chi connectivity index (χ2n) is 4.18. The van der Waals surface area contributed by atoms with E-state index in [1.807, 2.05) is 0 Å². The predicted octanol–water partition coefficient (Wildman–Crippen LogP) is 1.98. The zero-order chi connectivity index (χ0) is 12.4. The lowest BCUT2D eigenvalue weighted by atomic mass is 10.1. The van der Waals surface area contributed by atoms with Gasteiger partial charge in [0, 0.05) is 6.04 Å². The van der Waals surface area contributed by atoms with E-state index in [2.05, 4.69) is 10.6 Å². The maximum Gasteiger partial charge on any atom is 0.337 e. The maximum absolute atomic E-state index is 11.6. The second kappa shape index (κ2) is 4.45. The quantitative estimate of drug-likeness (QED) is 0.748. The molecule has 3 N–H and O–H groups in total. The van der Waals surface area contributed by atoms with Gasteiger partial charge in [-0.25, -0.2) is 9.59 Å². The number of carbonyl (C=O) groups excluding carboxylic acids is 1. The number of para-hydroxylation sites is 1. The molecular weight excluding hydrogens is 220 g/mol. The van der Waals surface area contributed by atoms with E-state index in [-0.39, 0.29) is 17.6 Å². The fourth-order valence-corrected chi connectivity index (χ4v) is 1.57. The number of carboxylic acid groups (broad SMARTS) is 1. The topological polar surface area (TPSA) is 78.4 Å². The van der Waals surface area contributed by atoms with E-state index in [0.29, 0.717) is 5.69 Å². The van der Waals surface area contributed by atoms with Gasteiger partial charge in [-0.1, -0.05) is 12.1 Å². The van der Waals surface area contributed by atoms with Gasteiger partial charge in [0.05, 0.1) is 11.3 Å². The van der Waals surface area contributed by atoms with Crippen molar-refractivity contribution in [1.82, 2.24) is 5.32 Å². The molecule has 0 heterocycles. The van der Waals surface area contributed by atoms with Gasteiger partial charge in [-0.15, -0.1) is 0 Å². The Bertz CT molecular complexity index is 467. The maximum atomic E-state index is 11.6. The summed E-state index contributed by atoms with van der Waals surface area (Å²) in [6.45, 7) is 1.76. The molecule has 0 bridgehead atoms. The van der Waals surface area contributed by atoms with E-state index in [9.17, 15) is 9.59 Å². The van der Waals surface area contributed by atoms with Crippen LogP contribution in [-0.2, 0) is 0 Å². The van der Waals surface area contributed by atoms with E-state index >= 15 is 0 Å². The third kappa shape index (κ3) is 2.75. The van der Waals surface area contributed by atoms with Crippen LogP contribution < -0.4 is 10.6 Å². The molecule has 90 valence electrons. The normalized spacial score (nSPS) is 14.2. The van der Waals surface area contributed by atoms with E-state index in [4.69, 9.17) is 5.11 Å². The number of anilines is 1. The van der Waals surface area contributed by atoms with Crippen LogP contribution in [0, 0.1) is 6.92 Å². The Morgan fingerprint density at radius 3 is 2.65 bits per heavy atom. The monoisotopic (exact) mass is 234 g/mol. The molecule has 0 atom stereocenters. The number of hydrogen-bond acceptors (Lipinski definition) is 2. The zero-order valence-corrected chi connectivity index (χ0v) is 9.49. The lowest BCUT2D eigenvalue weighted by Gasteiger charge is -2.11. The van der Waals surface area contributed by atoms with Crippen molar-refractivity contribution in [2.75, 3.05) is 5.32 Å². The number of aryl methyl sites for hydroxylation is 1. The van der Waals surface area contributed by atoms with Gasteiger partial charge in [0.1, 0.15) is 0 Å². The fourth-order valence-electron chi connectivity index (χ4n) is 1.57. The van der Waals surface area contributed by atoms with Crippen molar-refractivity contribution in [3.05, 3.63) is 29.3 Å². The largest absolute Gasteiger partial charge is 0.478 e. The Morgan fingerprint density at radius 1 is 1.35 bits per heavy atom. The van der Waals surface area contributed by atoms with E-state index in [1.54, 1.807) is 19.1 Å². The van der Waals surface area contributed by atoms with Gasteiger partial charge in [0.15, 0.2) is 0 Å². The molecule has 1 aliphatic carbocycles. The summed E-state index contributed by atoms with van der Waals surface area (Å²) in [7, 11) is 0. The highest BCUT2D eigenvalue weighted by Gasteiger charge is 2.24. The SMILES string of the molecule is Cc1cccc(C(=O)O)c1NC(=O)NC1CC1. The zero-order valence-electron chi connectivity index (χ0n) is 9.49. The van der Waals surface area contributed by atoms with Crippen molar-refractivity contribution in [3.63, 3.8) is 0 Å². The van der Waals surface area contributed by atoms with Crippen LogP contribution in [0.15, 0.2) is 18.2 Å². The summed E-state index contributed by atoms with van der Waals surface area (Å²) in [5.41, 5.74) is 1.20. The first-order chi connectivity index (χ1) is 8.08. The van der Waals surface area contributed by atoms with Crippen LogP contribution in [0.4, 0.5) is 10.5 Å². The van der Waals surface area contributed by atoms with Gasteiger partial charge in [0.2, 0.25) is 0 Å². The molecular formula is C12H14N2O3. The number of benzene rings is 1. The minimum atomic E-state index is -1.05. The molecule has 1 aromatic carbocycles. The first-order valence-corrected chi connectivity index (χ1v) is 5.48. The van der Waals surface area contributed by atoms with Gasteiger partial charge in [-0.2, -0.15) is 0 Å². The van der Waals surface area contributed by atoms with Gasteiger partial charge in [-0.05, 0) is 31.4 Å². The number of hydrogen-bond donors (Lipinski definition) is 3. The first-order valence-electron chi connectivity index (χ1n) is 5.48. The van der Waals surface area contributed by atoms with Crippen LogP contribution in [-0.4, -0.2) is 23.1 Å². The Morgan fingerprint density at radius 2 is 2.06 bits per heavy atom. The highest BCUT2D eigenvalue weighted by Crippen LogP contribution is 2.22. The summed E-state index contributed by atoms with van der Waals surface area (Å²) in [5.74, 6) is -1.05. The van der Waals surface area contributed by atoms with Crippen LogP contribution in [0.5, 0.6) is 0 Å². The fraction of sp³-hybridized carbons (Fsp3) is 0.333. The third-order valence-corrected chi connectivity index (χ3v) is 2.65. The van der Waals surface area contributed by atoms with Crippen molar-refractivity contribution < 1.29 is 14.7 Å². The van der Waals surface area contributed by atoms with Crippen LogP contribution in [0.2, 0.25) is 0 Å². The number of aromatic carboxylic acids is 1. The molecule has 0 radical (unpaired) electrons. The molecule has 1 fully saturated rings. The van der Waals surface area contributed by atoms with Crippen LogP contribution in [0.3, 0.4) is 0 Å². The lowest BCUT2D eigenvalue weighted by Crippen LogP contribution is -2.31. The summed E-state index contributed by atoms with van der Waals surface area (Å²) in [6.07, 6.45) is 1.99. The molecule has 17 heavy (non-hydrogen) atoms. The Labute approximate surface area is 98.8 Å². The highest BCUT2D eigenvalue weighted by atomic mass is 16.4. The highest BCUT2D eigenvalue weighted by molar-refractivity contribution is 6.01. The molecule has 0 spiro atoms.